The zero-order chi connectivity index (χ0) is 18.3. The molecular formula is C20H22F3N3. The number of anilines is 1. The lowest BCUT2D eigenvalue weighted by molar-refractivity contribution is -0.137. The molecule has 2 bridgehead atoms. The van der Waals surface area contributed by atoms with Crippen molar-refractivity contribution in [2.45, 2.75) is 38.0 Å². The minimum absolute atomic E-state index is 0.379. The van der Waals surface area contributed by atoms with E-state index in [4.69, 9.17) is 0 Å². The Morgan fingerprint density at radius 3 is 2.46 bits per heavy atom. The molecule has 3 nitrogen and oxygen atoms in total. The number of fused-ring (bicyclic) bond motifs is 3. The molecule has 3 aliphatic heterocycles. The number of hydrogen-bond donors (Lipinski definition) is 1. The summed E-state index contributed by atoms with van der Waals surface area (Å²) in [5.74, 6) is 1.45. The van der Waals surface area contributed by atoms with E-state index in [9.17, 15) is 13.2 Å². The van der Waals surface area contributed by atoms with Crippen LogP contribution >= 0.6 is 0 Å². The molecule has 1 N–H and O–H groups in total. The van der Waals surface area contributed by atoms with Gasteiger partial charge in [-0.15, -0.1) is 0 Å². The minimum atomic E-state index is -4.34. The topological polar surface area (TPSA) is 28.2 Å². The van der Waals surface area contributed by atoms with E-state index >= 15 is 0 Å². The molecule has 26 heavy (non-hydrogen) atoms. The van der Waals surface area contributed by atoms with E-state index in [1.54, 1.807) is 12.3 Å². The van der Waals surface area contributed by atoms with Crippen LogP contribution in [0.4, 0.5) is 19.0 Å². The van der Waals surface area contributed by atoms with Crippen molar-refractivity contribution < 1.29 is 13.2 Å². The van der Waals surface area contributed by atoms with Gasteiger partial charge in [0.1, 0.15) is 5.82 Å². The summed E-state index contributed by atoms with van der Waals surface area (Å²) < 4.78 is 38.7. The van der Waals surface area contributed by atoms with Crippen molar-refractivity contribution in [3.8, 4) is 11.1 Å². The summed E-state index contributed by atoms with van der Waals surface area (Å²) in [5.41, 5.74) is 0.567. The van der Waals surface area contributed by atoms with Gasteiger partial charge >= 0.3 is 6.18 Å². The molecule has 0 radical (unpaired) electrons. The number of nitrogens with zero attached hydrogens (tertiary/aromatic N) is 2. The van der Waals surface area contributed by atoms with E-state index in [1.807, 2.05) is 12.1 Å². The second kappa shape index (κ2) is 6.58. The maximum Gasteiger partial charge on any atom is 0.416 e. The van der Waals surface area contributed by atoms with Crippen LogP contribution in [0.15, 0.2) is 42.6 Å². The van der Waals surface area contributed by atoms with E-state index < -0.39 is 11.7 Å². The zero-order valence-corrected chi connectivity index (χ0v) is 14.6. The second-order valence-corrected chi connectivity index (χ2v) is 7.29. The van der Waals surface area contributed by atoms with Crippen molar-refractivity contribution in [1.82, 2.24) is 9.88 Å². The van der Waals surface area contributed by atoms with Crippen LogP contribution in [0.25, 0.3) is 11.1 Å². The molecule has 2 atom stereocenters. The Bertz CT molecular complexity index is 763. The lowest BCUT2D eigenvalue weighted by atomic mass is 9.79. The van der Waals surface area contributed by atoms with Gasteiger partial charge in [0.2, 0.25) is 0 Å². The van der Waals surface area contributed by atoms with E-state index in [0.29, 0.717) is 29.1 Å². The second-order valence-electron chi connectivity index (χ2n) is 7.29. The molecule has 2 aromatic rings. The molecule has 138 valence electrons. The Balaban J connectivity index is 1.51. The van der Waals surface area contributed by atoms with E-state index in [-0.39, 0.29) is 0 Å². The molecule has 4 heterocycles. The number of rotatable bonds is 3. The van der Waals surface area contributed by atoms with Gasteiger partial charge in [0.25, 0.3) is 0 Å². The van der Waals surface area contributed by atoms with Crippen molar-refractivity contribution in [2.24, 2.45) is 5.92 Å². The standard InChI is InChI=1S/C20H22F3N3/c1-13-19(14-7-9-26(13)10-8-14)25-18-6-5-16(12-24-18)15-3-2-4-17(11-15)20(21,22)23/h2-6,11-14,19H,7-10H2,1H3,(H,24,25)/t13-,19+/m1/s1. The molecule has 3 fully saturated rings. The predicted molar refractivity (Wildman–Crippen MR) is 95.8 cm³/mol. The van der Waals surface area contributed by atoms with Gasteiger partial charge in [0.05, 0.1) is 5.56 Å². The monoisotopic (exact) mass is 361 g/mol. The number of aromatic nitrogens is 1. The van der Waals surface area contributed by atoms with Crippen LogP contribution in [0.2, 0.25) is 0 Å². The first-order chi connectivity index (χ1) is 12.4. The number of alkyl halides is 3. The largest absolute Gasteiger partial charge is 0.416 e. The highest BCUT2D eigenvalue weighted by atomic mass is 19.4. The number of benzene rings is 1. The molecule has 0 unspecified atom stereocenters. The number of halogens is 3. The van der Waals surface area contributed by atoms with Crippen LogP contribution in [0.5, 0.6) is 0 Å². The molecular weight excluding hydrogens is 339 g/mol. The van der Waals surface area contributed by atoms with Gasteiger partial charge in [-0.05, 0) is 68.6 Å². The highest BCUT2D eigenvalue weighted by Gasteiger charge is 2.39. The molecule has 3 saturated heterocycles. The molecule has 0 aliphatic carbocycles. The molecule has 1 aromatic heterocycles. The van der Waals surface area contributed by atoms with Crippen molar-refractivity contribution in [2.75, 3.05) is 18.4 Å². The summed E-state index contributed by atoms with van der Waals surface area (Å²) in [4.78, 5) is 6.96. The first kappa shape index (κ1) is 17.3. The Kier molecular flexibility index (Phi) is 4.39. The lowest BCUT2D eigenvalue weighted by Gasteiger charge is -2.50. The Morgan fingerprint density at radius 1 is 1.08 bits per heavy atom. The maximum atomic E-state index is 12.9. The van der Waals surface area contributed by atoms with Crippen LogP contribution in [-0.4, -0.2) is 35.1 Å². The predicted octanol–water partition coefficient (Wildman–Crippen LogP) is 4.66. The van der Waals surface area contributed by atoms with Gasteiger partial charge in [0.15, 0.2) is 0 Å². The Hall–Kier alpha value is -2.08. The third-order valence-corrected chi connectivity index (χ3v) is 5.78. The van der Waals surface area contributed by atoms with E-state index in [1.165, 1.54) is 38.1 Å². The molecule has 1 aromatic carbocycles. The molecule has 0 amide bonds. The summed E-state index contributed by atoms with van der Waals surface area (Å²) in [6.45, 7) is 4.60. The third kappa shape index (κ3) is 3.30. The average Bonchev–Trinajstić information content (AvgIpc) is 2.65. The quantitative estimate of drug-likeness (QED) is 0.862. The molecule has 3 aliphatic rings. The summed E-state index contributed by atoms with van der Waals surface area (Å²) in [7, 11) is 0. The van der Waals surface area contributed by atoms with Gasteiger partial charge in [-0.1, -0.05) is 12.1 Å². The Labute approximate surface area is 151 Å². The van der Waals surface area contributed by atoms with Gasteiger partial charge < -0.3 is 5.32 Å². The first-order valence-electron chi connectivity index (χ1n) is 9.06. The van der Waals surface area contributed by atoms with E-state index in [0.717, 1.165) is 11.9 Å². The Morgan fingerprint density at radius 2 is 1.85 bits per heavy atom. The molecule has 0 spiro atoms. The van der Waals surface area contributed by atoms with Crippen LogP contribution in [-0.2, 0) is 6.18 Å². The molecule has 5 rings (SSSR count). The minimum Gasteiger partial charge on any atom is -0.365 e. The van der Waals surface area contributed by atoms with Crippen LogP contribution in [0.3, 0.4) is 0 Å². The van der Waals surface area contributed by atoms with Crippen LogP contribution < -0.4 is 5.32 Å². The van der Waals surface area contributed by atoms with Crippen molar-refractivity contribution >= 4 is 5.82 Å². The molecule has 0 saturated carbocycles. The lowest BCUT2D eigenvalue weighted by Crippen LogP contribution is -2.59. The summed E-state index contributed by atoms with van der Waals surface area (Å²) in [6, 6.07) is 9.91. The van der Waals surface area contributed by atoms with E-state index in [2.05, 4.69) is 22.1 Å². The molecule has 6 heteroatoms. The van der Waals surface area contributed by atoms with Gasteiger partial charge in [-0.3, -0.25) is 4.90 Å². The zero-order valence-electron chi connectivity index (χ0n) is 14.6. The van der Waals surface area contributed by atoms with Gasteiger partial charge in [-0.2, -0.15) is 13.2 Å². The first-order valence-corrected chi connectivity index (χ1v) is 9.06. The summed E-state index contributed by atoms with van der Waals surface area (Å²) >= 11 is 0. The third-order valence-electron chi connectivity index (χ3n) is 5.78. The van der Waals surface area contributed by atoms with Crippen molar-refractivity contribution in [3.05, 3.63) is 48.2 Å². The highest BCUT2D eigenvalue weighted by Crippen LogP contribution is 2.34. The van der Waals surface area contributed by atoms with Crippen LogP contribution in [0.1, 0.15) is 25.3 Å². The average molecular weight is 361 g/mol. The van der Waals surface area contributed by atoms with Crippen LogP contribution in [0, 0.1) is 5.92 Å². The summed E-state index contributed by atoms with van der Waals surface area (Å²) in [5, 5.41) is 3.54. The fraction of sp³-hybridized carbons (Fsp3) is 0.450. The SMILES string of the molecule is C[C@@H]1[C@H](Nc2ccc(-c3cccc(C(F)(F)F)c3)cn2)C2CCN1CC2. The number of pyridine rings is 1. The fourth-order valence-corrected chi connectivity index (χ4v) is 4.24. The fourth-order valence-electron chi connectivity index (χ4n) is 4.24. The maximum absolute atomic E-state index is 12.9. The number of piperidine rings is 3. The highest BCUT2D eigenvalue weighted by molar-refractivity contribution is 5.64. The number of nitrogens with one attached hydrogen (secondary N) is 1. The normalized spacial score (nSPS) is 28.2. The van der Waals surface area contributed by atoms with Gasteiger partial charge in [-0.25, -0.2) is 4.98 Å². The van der Waals surface area contributed by atoms with Crippen molar-refractivity contribution in [3.63, 3.8) is 0 Å². The van der Waals surface area contributed by atoms with Crippen molar-refractivity contribution in [1.29, 1.82) is 0 Å². The smallest absolute Gasteiger partial charge is 0.365 e. The number of hydrogen-bond acceptors (Lipinski definition) is 3. The summed E-state index contributed by atoms with van der Waals surface area (Å²) in [6.07, 6.45) is -0.269. The van der Waals surface area contributed by atoms with Gasteiger partial charge in [0, 0.05) is 23.8 Å².